The quantitative estimate of drug-likeness (QED) is 0.663. The summed E-state index contributed by atoms with van der Waals surface area (Å²) in [4.78, 5) is 6.76. The molecule has 0 amide bonds. The lowest BCUT2D eigenvalue weighted by molar-refractivity contribution is 0.165. The topological polar surface area (TPSA) is 15.6 Å². The van der Waals surface area contributed by atoms with Gasteiger partial charge in [0.25, 0.3) is 0 Å². The van der Waals surface area contributed by atoms with Crippen molar-refractivity contribution in [3.05, 3.63) is 0 Å². The molecule has 1 rings (SSSR count). The van der Waals surface area contributed by atoms with Gasteiger partial charge in [-0.05, 0) is 24.7 Å². The SMILES string of the molecule is CCC1C(C(C)C)CCC(=NC)N1C. The summed E-state index contributed by atoms with van der Waals surface area (Å²) in [6.45, 7) is 6.97. The van der Waals surface area contributed by atoms with Crippen LogP contribution in [0.3, 0.4) is 0 Å². The van der Waals surface area contributed by atoms with Crippen LogP contribution < -0.4 is 0 Å². The zero-order valence-corrected chi connectivity index (χ0v) is 10.2. The molecule has 0 aromatic heterocycles. The second-order valence-electron chi connectivity index (χ2n) is 4.67. The van der Waals surface area contributed by atoms with Crippen LogP contribution in [0.5, 0.6) is 0 Å². The van der Waals surface area contributed by atoms with Gasteiger partial charge >= 0.3 is 0 Å². The van der Waals surface area contributed by atoms with E-state index in [9.17, 15) is 0 Å². The predicted octanol–water partition coefficient (Wildman–Crippen LogP) is 2.79. The van der Waals surface area contributed by atoms with Crippen LogP contribution in [0.1, 0.15) is 40.0 Å². The van der Waals surface area contributed by atoms with Gasteiger partial charge in [-0.25, -0.2) is 0 Å². The van der Waals surface area contributed by atoms with Crippen LogP contribution in [-0.4, -0.2) is 30.9 Å². The number of hydrogen-bond donors (Lipinski definition) is 0. The van der Waals surface area contributed by atoms with E-state index in [-0.39, 0.29) is 0 Å². The number of aliphatic imine (C=N–C) groups is 1. The lowest BCUT2D eigenvalue weighted by Gasteiger charge is -2.42. The monoisotopic (exact) mass is 196 g/mol. The Hall–Kier alpha value is -0.530. The van der Waals surface area contributed by atoms with Gasteiger partial charge in [0.1, 0.15) is 0 Å². The zero-order valence-electron chi connectivity index (χ0n) is 10.2. The molecular weight excluding hydrogens is 172 g/mol. The van der Waals surface area contributed by atoms with E-state index in [4.69, 9.17) is 0 Å². The molecule has 0 radical (unpaired) electrons. The van der Waals surface area contributed by atoms with Crippen molar-refractivity contribution in [2.75, 3.05) is 14.1 Å². The van der Waals surface area contributed by atoms with Crippen LogP contribution in [-0.2, 0) is 0 Å². The molecule has 2 heteroatoms. The van der Waals surface area contributed by atoms with E-state index in [2.05, 4.69) is 37.7 Å². The van der Waals surface area contributed by atoms with Gasteiger partial charge in [0.2, 0.25) is 0 Å². The number of likely N-dealkylation sites (tertiary alicyclic amines) is 1. The third-order valence-corrected chi connectivity index (χ3v) is 3.63. The molecule has 0 saturated carbocycles. The molecule has 0 aliphatic carbocycles. The first-order chi connectivity index (χ1) is 6.61. The number of nitrogens with zero attached hydrogens (tertiary/aromatic N) is 2. The fourth-order valence-corrected chi connectivity index (χ4v) is 2.77. The van der Waals surface area contributed by atoms with E-state index in [1.807, 2.05) is 7.05 Å². The van der Waals surface area contributed by atoms with Gasteiger partial charge in [-0.3, -0.25) is 4.99 Å². The number of hydrogen-bond acceptors (Lipinski definition) is 1. The molecular formula is C12H24N2. The predicted molar refractivity (Wildman–Crippen MR) is 62.8 cm³/mol. The van der Waals surface area contributed by atoms with Crippen LogP contribution in [0.25, 0.3) is 0 Å². The Kier molecular flexibility index (Phi) is 3.97. The standard InChI is InChI=1S/C12H24N2/c1-6-11-10(9(2)3)7-8-12(13-4)14(11)5/h9-11H,6-8H2,1-5H3. The molecule has 0 aromatic carbocycles. The van der Waals surface area contributed by atoms with E-state index in [0.717, 1.165) is 18.3 Å². The highest BCUT2D eigenvalue weighted by molar-refractivity contribution is 5.83. The second-order valence-corrected chi connectivity index (χ2v) is 4.67. The van der Waals surface area contributed by atoms with Crippen LogP contribution in [0.4, 0.5) is 0 Å². The van der Waals surface area contributed by atoms with Crippen molar-refractivity contribution in [2.24, 2.45) is 16.8 Å². The molecule has 0 bridgehead atoms. The summed E-state index contributed by atoms with van der Waals surface area (Å²) < 4.78 is 0. The van der Waals surface area contributed by atoms with Gasteiger partial charge in [-0.1, -0.05) is 20.8 Å². The van der Waals surface area contributed by atoms with Crippen LogP contribution >= 0.6 is 0 Å². The van der Waals surface area contributed by atoms with E-state index in [1.165, 1.54) is 18.7 Å². The molecule has 2 atom stereocenters. The minimum atomic E-state index is 0.697. The number of amidine groups is 1. The Balaban J connectivity index is 2.77. The van der Waals surface area contributed by atoms with Crippen molar-refractivity contribution in [1.29, 1.82) is 0 Å². The Labute approximate surface area is 88.4 Å². The molecule has 1 aliphatic heterocycles. The largest absolute Gasteiger partial charge is 0.360 e. The lowest BCUT2D eigenvalue weighted by atomic mass is 9.80. The minimum Gasteiger partial charge on any atom is -0.360 e. The summed E-state index contributed by atoms with van der Waals surface area (Å²) in [7, 11) is 4.11. The van der Waals surface area contributed by atoms with Gasteiger partial charge in [-0.15, -0.1) is 0 Å². The molecule has 1 saturated heterocycles. The molecule has 2 unspecified atom stereocenters. The highest BCUT2D eigenvalue weighted by Gasteiger charge is 2.32. The molecule has 1 fully saturated rings. The van der Waals surface area contributed by atoms with Crippen LogP contribution in [0.15, 0.2) is 4.99 Å². The summed E-state index contributed by atoms with van der Waals surface area (Å²) in [6, 6.07) is 0.697. The highest BCUT2D eigenvalue weighted by Crippen LogP contribution is 2.31. The Morgan fingerprint density at radius 3 is 2.57 bits per heavy atom. The molecule has 0 aromatic rings. The van der Waals surface area contributed by atoms with Gasteiger partial charge in [-0.2, -0.15) is 0 Å². The average Bonchev–Trinajstić information content (AvgIpc) is 2.17. The zero-order chi connectivity index (χ0) is 10.7. The number of rotatable bonds is 2. The molecule has 82 valence electrons. The smallest absolute Gasteiger partial charge is 0.0985 e. The van der Waals surface area contributed by atoms with E-state index in [1.54, 1.807) is 0 Å². The van der Waals surface area contributed by atoms with E-state index in [0.29, 0.717) is 6.04 Å². The maximum atomic E-state index is 4.36. The summed E-state index contributed by atoms with van der Waals surface area (Å²) in [5.74, 6) is 2.92. The van der Waals surface area contributed by atoms with Gasteiger partial charge in [0.15, 0.2) is 0 Å². The first-order valence-electron chi connectivity index (χ1n) is 5.80. The molecule has 0 N–H and O–H groups in total. The maximum absolute atomic E-state index is 4.36. The van der Waals surface area contributed by atoms with Gasteiger partial charge in [0.05, 0.1) is 5.84 Å². The number of piperidine rings is 1. The van der Waals surface area contributed by atoms with Gasteiger partial charge < -0.3 is 4.90 Å². The van der Waals surface area contributed by atoms with Crippen molar-refractivity contribution in [3.63, 3.8) is 0 Å². The summed E-state index contributed by atoms with van der Waals surface area (Å²) in [5.41, 5.74) is 0. The summed E-state index contributed by atoms with van der Waals surface area (Å²) in [6.07, 6.45) is 3.71. The van der Waals surface area contributed by atoms with Crippen molar-refractivity contribution in [2.45, 2.75) is 46.1 Å². The average molecular weight is 196 g/mol. The van der Waals surface area contributed by atoms with Crippen molar-refractivity contribution >= 4 is 5.84 Å². The van der Waals surface area contributed by atoms with E-state index >= 15 is 0 Å². The van der Waals surface area contributed by atoms with Crippen molar-refractivity contribution in [3.8, 4) is 0 Å². The first-order valence-corrected chi connectivity index (χ1v) is 5.80. The molecule has 1 aliphatic rings. The Bertz CT molecular complexity index is 208. The maximum Gasteiger partial charge on any atom is 0.0985 e. The summed E-state index contributed by atoms with van der Waals surface area (Å²) in [5, 5.41) is 0. The third-order valence-electron chi connectivity index (χ3n) is 3.63. The lowest BCUT2D eigenvalue weighted by Crippen LogP contribution is -2.47. The van der Waals surface area contributed by atoms with Crippen molar-refractivity contribution in [1.82, 2.24) is 4.90 Å². The minimum absolute atomic E-state index is 0.697. The van der Waals surface area contributed by atoms with E-state index < -0.39 is 0 Å². The molecule has 2 nitrogen and oxygen atoms in total. The normalized spacial score (nSPS) is 31.6. The summed E-state index contributed by atoms with van der Waals surface area (Å²) >= 11 is 0. The first kappa shape index (κ1) is 11.5. The van der Waals surface area contributed by atoms with Crippen LogP contribution in [0.2, 0.25) is 0 Å². The Morgan fingerprint density at radius 2 is 2.14 bits per heavy atom. The fraction of sp³-hybridized carbons (Fsp3) is 0.917. The second kappa shape index (κ2) is 4.81. The molecule has 14 heavy (non-hydrogen) atoms. The molecule has 1 heterocycles. The fourth-order valence-electron chi connectivity index (χ4n) is 2.77. The highest BCUT2D eigenvalue weighted by atomic mass is 15.2. The molecule has 0 spiro atoms. The third kappa shape index (κ3) is 2.10. The van der Waals surface area contributed by atoms with Crippen LogP contribution in [0, 0.1) is 11.8 Å². The Morgan fingerprint density at radius 1 is 1.50 bits per heavy atom. The van der Waals surface area contributed by atoms with Crippen molar-refractivity contribution < 1.29 is 0 Å². The van der Waals surface area contributed by atoms with Gasteiger partial charge in [0, 0.05) is 26.6 Å².